The Kier molecular flexibility index (Phi) is 5.13. The minimum Gasteiger partial charge on any atom is -0.351 e. The molecule has 1 aromatic carbocycles. The molecular formula is C19H23ClN4O. The van der Waals surface area contributed by atoms with Crippen LogP contribution < -0.4 is 5.32 Å². The second-order valence-electron chi connectivity index (χ2n) is 6.51. The average Bonchev–Trinajstić information content (AvgIpc) is 3.17. The van der Waals surface area contributed by atoms with Gasteiger partial charge in [0.1, 0.15) is 11.5 Å². The first kappa shape index (κ1) is 17.5. The highest BCUT2D eigenvalue weighted by atomic mass is 35.5. The van der Waals surface area contributed by atoms with E-state index in [0.717, 1.165) is 29.7 Å². The SMILES string of the molecule is CC(C)c1nccn1CCCNC(=O)c1cc2cccc(Cl)c2n1C. The number of amides is 1. The Labute approximate surface area is 152 Å². The third-order valence-electron chi connectivity index (χ3n) is 4.37. The van der Waals surface area contributed by atoms with Gasteiger partial charge in [-0.1, -0.05) is 37.6 Å². The molecule has 3 rings (SSSR count). The van der Waals surface area contributed by atoms with Crippen LogP contribution in [0, 0.1) is 0 Å². The van der Waals surface area contributed by atoms with Gasteiger partial charge in [-0.05, 0) is 18.6 Å². The summed E-state index contributed by atoms with van der Waals surface area (Å²) in [6.45, 7) is 5.72. The molecule has 0 spiro atoms. The first-order chi connectivity index (χ1) is 12.0. The highest BCUT2D eigenvalue weighted by molar-refractivity contribution is 6.35. The number of fused-ring (bicyclic) bond motifs is 1. The lowest BCUT2D eigenvalue weighted by molar-refractivity contribution is 0.0945. The normalized spacial score (nSPS) is 11.4. The Morgan fingerprint density at radius 2 is 2.16 bits per heavy atom. The molecule has 0 atom stereocenters. The molecule has 0 fully saturated rings. The molecule has 0 saturated carbocycles. The molecule has 0 bridgehead atoms. The maximum atomic E-state index is 12.5. The fraction of sp³-hybridized carbons (Fsp3) is 0.368. The van der Waals surface area contributed by atoms with Crippen molar-refractivity contribution in [2.24, 2.45) is 7.05 Å². The lowest BCUT2D eigenvalue weighted by Crippen LogP contribution is -2.27. The molecule has 3 aromatic rings. The number of imidazole rings is 1. The molecule has 6 heteroatoms. The monoisotopic (exact) mass is 358 g/mol. The van der Waals surface area contributed by atoms with Gasteiger partial charge in [0.2, 0.25) is 0 Å². The van der Waals surface area contributed by atoms with Crippen LogP contribution in [-0.4, -0.2) is 26.6 Å². The number of hydrogen-bond acceptors (Lipinski definition) is 2. The van der Waals surface area contributed by atoms with Gasteiger partial charge in [0.25, 0.3) is 5.91 Å². The zero-order chi connectivity index (χ0) is 18.0. The van der Waals surface area contributed by atoms with Crippen LogP contribution in [0.15, 0.2) is 36.7 Å². The topological polar surface area (TPSA) is 51.9 Å². The van der Waals surface area contributed by atoms with E-state index in [2.05, 4.69) is 28.7 Å². The van der Waals surface area contributed by atoms with Crippen molar-refractivity contribution in [3.8, 4) is 0 Å². The molecule has 2 aromatic heterocycles. The molecule has 0 unspecified atom stereocenters. The Bertz CT molecular complexity index is 894. The standard InChI is InChI=1S/C19H23ClN4O/c1-13(2)18-21-9-11-24(18)10-5-8-22-19(25)16-12-14-6-4-7-15(20)17(14)23(16)3/h4,6-7,9,11-13H,5,8,10H2,1-3H3,(H,22,25). The number of carbonyl (C=O) groups excluding carboxylic acids is 1. The molecule has 5 nitrogen and oxygen atoms in total. The van der Waals surface area contributed by atoms with Crippen molar-refractivity contribution >= 4 is 28.4 Å². The molecule has 1 amide bonds. The summed E-state index contributed by atoms with van der Waals surface area (Å²) in [5.41, 5.74) is 1.50. The van der Waals surface area contributed by atoms with Gasteiger partial charge in [-0.2, -0.15) is 0 Å². The zero-order valence-corrected chi connectivity index (χ0v) is 15.5. The maximum absolute atomic E-state index is 12.5. The fourth-order valence-electron chi connectivity index (χ4n) is 3.14. The number of hydrogen-bond donors (Lipinski definition) is 1. The number of rotatable bonds is 6. The van der Waals surface area contributed by atoms with E-state index in [9.17, 15) is 4.79 Å². The van der Waals surface area contributed by atoms with E-state index in [4.69, 9.17) is 11.6 Å². The van der Waals surface area contributed by atoms with Crippen LogP contribution in [0.4, 0.5) is 0 Å². The Morgan fingerprint density at radius 3 is 2.88 bits per heavy atom. The summed E-state index contributed by atoms with van der Waals surface area (Å²) in [6.07, 6.45) is 4.67. The number of para-hydroxylation sites is 1. The van der Waals surface area contributed by atoms with E-state index in [-0.39, 0.29) is 5.91 Å². The number of halogens is 1. The molecule has 0 saturated heterocycles. The fourth-order valence-corrected chi connectivity index (χ4v) is 3.45. The molecule has 1 N–H and O–H groups in total. The quantitative estimate of drug-likeness (QED) is 0.678. The molecule has 132 valence electrons. The number of benzene rings is 1. The Hall–Kier alpha value is -2.27. The van der Waals surface area contributed by atoms with Gasteiger partial charge in [-0.25, -0.2) is 4.98 Å². The van der Waals surface area contributed by atoms with Crippen LogP contribution in [0.1, 0.15) is 42.5 Å². The summed E-state index contributed by atoms with van der Waals surface area (Å²) < 4.78 is 3.99. The lowest BCUT2D eigenvalue weighted by Gasteiger charge is -2.11. The molecule has 0 aliphatic carbocycles. The Balaban J connectivity index is 1.61. The number of nitrogens with one attached hydrogen (secondary N) is 1. The highest BCUT2D eigenvalue weighted by Gasteiger charge is 2.14. The first-order valence-electron chi connectivity index (χ1n) is 8.52. The van der Waals surface area contributed by atoms with Crippen molar-refractivity contribution < 1.29 is 4.79 Å². The van der Waals surface area contributed by atoms with E-state index in [0.29, 0.717) is 23.2 Å². The van der Waals surface area contributed by atoms with E-state index >= 15 is 0 Å². The number of nitrogens with zero attached hydrogens (tertiary/aromatic N) is 3. The van der Waals surface area contributed by atoms with Gasteiger partial charge >= 0.3 is 0 Å². The van der Waals surface area contributed by atoms with Gasteiger partial charge in [-0.15, -0.1) is 0 Å². The molecule has 25 heavy (non-hydrogen) atoms. The van der Waals surface area contributed by atoms with Gasteiger partial charge in [0.15, 0.2) is 0 Å². The van der Waals surface area contributed by atoms with Crippen LogP contribution in [0.25, 0.3) is 10.9 Å². The minimum absolute atomic E-state index is 0.0792. The van der Waals surface area contributed by atoms with Gasteiger partial charge in [0.05, 0.1) is 10.5 Å². The first-order valence-corrected chi connectivity index (χ1v) is 8.90. The van der Waals surface area contributed by atoms with Gasteiger partial charge in [0, 0.05) is 43.8 Å². The van der Waals surface area contributed by atoms with Crippen molar-refractivity contribution in [3.05, 3.63) is 53.2 Å². The van der Waals surface area contributed by atoms with Crippen LogP contribution in [-0.2, 0) is 13.6 Å². The van der Waals surface area contributed by atoms with Crippen LogP contribution in [0.2, 0.25) is 5.02 Å². The third kappa shape index (κ3) is 3.56. The highest BCUT2D eigenvalue weighted by Crippen LogP contribution is 2.26. The summed E-state index contributed by atoms with van der Waals surface area (Å²) in [7, 11) is 1.86. The summed E-state index contributed by atoms with van der Waals surface area (Å²) in [4.78, 5) is 16.9. The van der Waals surface area contributed by atoms with Crippen LogP contribution >= 0.6 is 11.6 Å². The van der Waals surface area contributed by atoms with E-state index in [1.165, 1.54) is 0 Å². The second-order valence-corrected chi connectivity index (χ2v) is 6.92. The molecular weight excluding hydrogens is 336 g/mol. The van der Waals surface area contributed by atoms with Gasteiger partial charge < -0.3 is 14.5 Å². The van der Waals surface area contributed by atoms with E-state index < -0.39 is 0 Å². The molecule has 0 aliphatic rings. The van der Waals surface area contributed by atoms with Crippen LogP contribution in [0.5, 0.6) is 0 Å². The summed E-state index contributed by atoms with van der Waals surface area (Å²) in [5.74, 6) is 1.39. The zero-order valence-electron chi connectivity index (χ0n) is 14.8. The van der Waals surface area contributed by atoms with E-state index in [1.54, 1.807) is 0 Å². The summed E-state index contributed by atoms with van der Waals surface area (Å²) in [5, 5.41) is 4.62. The molecule has 0 radical (unpaired) electrons. The molecule has 0 aliphatic heterocycles. The second kappa shape index (κ2) is 7.31. The summed E-state index contributed by atoms with van der Waals surface area (Å²) in [6, 6.07) is 7.57. The average molecular weight is 359 g/mol. The number of aryl methyl sites for hydroxylation is 2. The predicted molar refractivity (Wildman–Crippen MR) is 101 cm³/mol. The lowest BCUT2D eigenvalue weighted by atomic mass is 10.2. The number of carbonyl (C=O) groups is 1. The van der Waals surface area contributed by atoms with Crippen molar-refractivity contribution in [2.45, 2.75) is 32.7 Å². The smallest absolute Gasteiger partial charge is 0.267 e. The van der Waals surface area contributed by atoms with Crippen molar-refractivity contribution in [1.82, 2.24) is 19.4 Å². The minimum atomic E-state index is -0.0792. The molecule has 2 heterocycles. The largest absolute Gasteiger partial charge is 0.351 e. The van der Waals surface area contributed by atoms with Gasteiger partial charge in [-0.3, -0.25) is 4.79 Å². The van der Waals surface area contributed by atoms with Crippen molar-refractivity contribution in [2.75, 3.05) is 6.54 Å². The summed E-state index contributed by atoms with van der Waals surface area (Å²) >= 11 is 6.24. The van der Waals surface area contributed by atoms with Crippen molar-refractivity contribution in [3.63, 3.8) is 0 Å². The van der Waals surface area contributed by atoms with Crippen molar-refractivity contribution in [1.29, 1.82) is 0 Å². The van der Waals surface area contributed by atoms with Crippen LogP contribution in [0.3, 0.4) is 0 Å². The predicted octanol–water partition coefficient (Wildman–Crippen LogP) is 3.97. The van der Waals surface area contributed by atoms with E-state index in [1.807, 2.05) is 48.3 Å². The third-order valence-corrected chi connectivity index (χ3v) is 4.67. The Morgan fingerprint density at radius 1 is 1.36 bits per heavy atom. The number of aromatic nitrogens is 3. The maximum Gasteiger partial charge on any atom is 0.267 e.